The number of ether oxygens (including phenoxy) is 1. The number of nitrogens with zero attached hydrogens (tertiary/aromatic N) is 4. The van der Waals surface area contributed by atoms with Crippen molar-refractivity contribution in [2.75, 3.05) is 31.1 Å². The van der Waals surface area contributed by atoms with Gasteiger partial charge in [-0.15, -0.1) is 0 Å². The van der Waals surface area contributed by atoms with Gasteiger partial charge in [0.1, 0.15) is 5.82 Å². The van der Waals surface area contributed by atoms with Crippen molar-refractivity contribution >= 4 is 22.8 Å². The summed E-state index contributed by atoms with van der Waals surface area (Å²) in [6.45, 7) is 6.82. The molecule has 0 bridgehead atoms. The van der Waals surface area contributed by atoms with Crippen LogP contribution >= 0.6 is 0 Å². The molecule has 0 unspecified atom stereocenters. The minimum atomic E-state index is -0.891. The highest BCUT2D eigenvalue weighted by Crippen LogP contribution is 2.37. The second-order valence-corrected chi connectivity index (χ2v) is 10.1. The van der Waals surface area contributed by atoms with Crippen molar-refractivity contribution in [1.29, 1.82) is 0 Å². The van der Waals surface area contributed by atoms with Gasteiger partial charge in [0.15, 0.2) is 0 Å². The van der Waals surface area contributed by atoms with Crippen LogP contribution in [0.1, 0.15) is 43.1 Å². The van der Waals surface area contributed by atoms with Crippen LogP contribution < -0.4 is 4.90 Å². The molecule has 0 radical (unpaired) electrons. The molecule has 2 saturated heterocycles. The van der Waals surface area contributed by atoms with Crippen molar-refractivity contribution in [3.05, 3.63) is 59.4 Å². The van der Waals surface area contributed by atoms with E-state index >= 15 is 0 Å². The zero-order chi connectivity index (χ0) is 23.3. The topological polar surface area (TPSA) is 70.8 Å². The maximum absolute atomic E-state index is 12.0. The molecule has 0 saturated carbocycles. The Morgan fingerprint density at radius 2 is 2.00 bits per heavy atom. The molecule has 2 fully saturated rings. The third-order valence-corrected chi connectivity index (χ3v) is 8.00. The van der Waals surface area contributed by atoms with E-state index < -0.39 is 6.09 Å². The number of benzene rings is 2. The third-order valence-electron chi connectivity index (χ3n) is 8.00. The molecule has 3 aliphatic heterocycles. The first kappa shape index (κ1) is 21.6. The summed E-state index contributed by atoms with van der Waals surface area (Å²) in [6.07, 6.45) is 3.85. The fraction of sp³-hybridized carbons (Fsp3) is 0.481. The van der Waals surface area contributed by atoms with Gasteiger partial charge in [0.2, 0.25) is 0 Å². The molecular formula is C27H32N4O3. The highest BCUT2D eigenvalue weighted by Gasteiger charge is 2.44. The van der Waals surface area contributed by atoms with E-state index in [-0.39, 0.29) is 11.6 Å². The van der Waals surface area contributed by atoms with Crippen LogP contribution in [0, 0.1) is 0 Å². The number of anilines is 1. The number of hydrogen-bond acceptors (Lipinski definition) is 4. The Labute approximate surface area is 199 Å². The lowest BCUT2D eigenvalue weighted by Crippen LogP contribution is -2.46. The molecule has 2 atom stereocenters. The van der Waals surface area contributed by atoms with Crippen molar-refractivity contribution in [3.8, 4) is 0 Å². The van der Waals surface area contributed by atoms with Crippen LogP contribution in [0.2, 0.25) is 0 Å². The lowest BCUT2D eigenvalue weighted by atomic mass is 9.94. The maximum atomic E-state index is 12.0. The van der Waals surface area contributed by atoms with Crippen molar-refractivity contribution in [2.24, 2.45) is 0 Å². The molecule has 178 valence electrons. The van der Waals surface area contributed by atoms with Crippen LogP contribution in [0.4, 0.5) is 10.5 Å². The maximum Gasteiger partial charge on any atom is 0.412 e. The molecule has 34 heavy (non-hydrogen) atoms. The Balaban J connectivity index is 1.36. The number of aromatic nitrogens is 2. The number of amides is 1. The molecular weight excluding hydrogens is 428 g/mol. The van der Waals surface area contributed by atoms with Crippen molar-refractivity contribution in [1.82, 2.24) is 14.5 Å². The smallest absolute Gasteiger partial charge is 0.412 e. The molecule has 1 spiro atoms. The molecule has 4 heterocycles. The predicted octanol–water partition coefficient (Wildman–Crippen LogP) is 4.31. The van der Waals surface area contributed by atoms with Gasteiger partial charge in [0.25, 0.3) is 0 Å². The monoisotopic (exact) mass is 460 g/mol. The van der Waals surface area contributed by atoms with Gasteiger partial charge in [-0.05, 0) is 43.9 Å². The van der Waals surface area contributed by atoms with E-state index in [1.807, 2.05) is 19.1 Å². The molecule has 7 nitrogen and oxygen atoms in total. The Kier molecular flexibility index (Phi) is 5.34. The second-order valence-electron chi connectivity index (χ2n) is 10.1. The minimum absolute atomic E-state index is 0.0236. The number of hydrogen-bond donors (Lipinski definition) is 1. The summed E-state index contributed by atoms with van der Waals surface area (Å²) < 4.78 is 8.27. The third kappa shape index (κ3) is 3.67. The summed E-state index contributed by atoms with van der Waals surface area (Å²) in [5.41, 5.74) is 5.27. The molecule has 0 aliphatic carbocycles. The summed E-state index contributed by atoms with van der Waals surface area (Å²) in [5, 5.41) is 9.84. The van der Waals surface area contributed by atoms with E-state index in [1.165, 1.54) is 16.9 Å². The van der Waals surface area contributed by atoms with Gasteiger partial charge in [-0.3, -0.25) is 9.80 Å². The largest absolute Gasteiger partial charge is 0.465 e. The standard InChI is InChI=1S/C27H32N4O3/c1-19-7-8-21-22(31(19)26(32)33)9-10-23-25(21)28-24(17-20-5-3-2-4-6-20)30(23)15-14-29-13-11-27(18-29)12-16-34-27/h2-6,9-10,19H,7-8,11-18H2,1H3,(H,32,33)/t19-,27+/m0/s1. The average molecular weight is 461 g/mol. The summed E-state index contributed by atoms with van der Waals surface area (Å²) in [6, 6.07) is 14.5. The zero-order valence-electron chi connectivity index (χ0n) is 19.7. The van der Waals surface area contributed by atoms with Gasteiger partial charge in [0, 0.05) is 50.6 Å². The van der Waals surface area contributed by atoms with Crippen LogP contribution in [-0.4, -0.2) is 63.5 Å². The highest BCUT2D eigenvalue weighted by molar-refractivity contribution is 5.94. The summed E-state index contributed by atoms with van der Waals surface area (Å²) in [4.78, 5) is 21.2. The minimum Gasteiger partial charge on any atom is -0.465 e. The van der Waals surface area contributed by atoms with Crippen LogP contribution in [0.25, 0.3) is 11.0 Å². The first-order valence-electron chi connectivity index (χ1n) is 12.5. The number of carbonyl (C=O) groups is 1. The normalized spacial score (nSPS) is 24.5. The van der Waals surface area contributed by atoms with E-state index in [9.17, 15) is 9.90 Å². The van der Waals surface area contributed by atoms with Crippen LogP contribution in [-0.2, 0) is 24.1 Å². The second kappa shape index (κ2) is 8.40. The Morgan fingerprint density at radius 3 is 2.71 bits per heavy atom. The molecule has 1 amide bonds. The lowest BCUT2D eigenvalue weighted by molar-refractivity contribution is -0.137. The van der Waals surface area contributed by atoms with E-state index in [2.05, 4.69) is 39.8 Å². The Morgan fingerprint density at radius 1 is 1.18 bits per heavy atom. The number of fused-ring (bicyclic) bond motifs is 3. The average Bonchev–Trinajstić information content (AvgIpc) is 3.39. The quantitative estimate of drug-likeness (QED) is 0.614. The number of imidazole rings is 1. The summed E-state index contributed by atoms with van der Waals surface area (Å²) >= 11 is 0. The van der Waals surface area contributed by atoms with Gasteiger partial charge < -0.3 is 14.4 Å². The van der Waals surface area contributed by atoms with Gasteiger partial charge in [-0.25, -0.2) is 9.78 Å². The molecule has 3 aliphatic rings. The van der Waals surface area contributed by atoms with Gasteiger partial charge in [0.05, 0.1) is 28.9 Å². The first-order valence-corrected chi connectivity index (χ1v) is 12.5. The van der Waals surface area contributed by atoms with Crippen molar-refractivity contribution < 1.29 is 14.6 Å². The Hall–Kier alpha value is -2.90. The number of likely N-dealkylation sites (tertiary alicyclic amines) is 1. The van der Waals surface area contributed by atoms with Gasteiger partial charge in [-0.2, -0.15) is 0 Å². The zero-order valence-corrected chi connectivity index (χ0v) is 19.7. The molecule has 1 aromatic heterocycles. The van der Waals surface area contributed by atoms with Crippen LogP contribution in [0.15, 0.2) is 42.5 Å². The number of rotatable bonds is 5. The molecule has 2 aromatic carbocycles. The molecule has 3 aromatic rings. The van der Waals surface area contributed by atoms with Crippen molar-refractivity contribution in [2.45, 2.75) is 57.2 Å². The summed E-state index contributed by atoms with van der Waals surface area (Å²) in [5.74, 6) is 1.05. The molecule has 1 N–H and O–H groups in total. The fourth-order valence-corrected chi connectivity index (χ4v) is 6.00. The summed E-state index contributed by atoms with van der Waals surface area (Å²) in [7, 11) is 0. The van der Waals surface area contributed by atoms with E-state index in [0.717, 1.165) is 86.6 Å². The van der Waals surface area contributed by atoms with E-state index in [1.54, 1.807) is 0 Å². The SMILES string of the molecule is C[C@H]1CCc2c(ccc3c2nc(Cc2ccccc2)n3CCN2CC[C@@]3(CCO3)C2)N1C(=O)O. The number of carboxylic acid groups (broad SMARTS) is 1. The molecule has 7 heteroatoms. The van der Waals surface area contributed by atoms with Crippen LogP contribution in [0.5, 0.6) is 0 Å². The van der Waals surface area contributed by atoms with Gasteiger partial charge >= 0.3 is 6.09 Å². The van der Waals surface area contributed by atoms with Crippen LogP contribution in [0.3, 0.4) is 0 Å². The predicted molar refractivity (Wildman–Crippen MR) is 132 cm³/mol. The highest BCUT2D eigenvalue weighted by atomic mass is 16.5. The van der Waals surface area contributed by atoms with Gasteiger partial charge in [-0.1, -0.05) is 30.3 Å². The van der Waals surface area contributed by atoms with E-state index in [4.69, 9.17) is 9.72 Å². The fourth-order valence-electron chi connectivity index (χ4n) is 6.00. The Bertz CT molecular complexity index is 1220. The lowest BCUT2D eigenvalue weighted by Gasteiger charge is -2.38. The number of aryl methyl sites for hydroxylation is 1. The molecule has 6 rings (SSSR count). The van der Waals surface area contributed by atoms with E-state index in [0.29, 0.717) is 0 Å². The van der Waals surface area contributed by atoms with Crippen molar-refractivity contribution in [3.63, 3.8) is 0 Å². The first-order chi connectivity index (χ1) is 16.5.